The SMILES string of the molecule is CCc1ccc(C(=O)O)cc1[C@@]12CCCCC1C(C)N(C)CC2. The number of piperidine rings is 1. The first-order valence-corrected chi connectivity index (χ1v) is 9.06. The smallest absolute Gasteiger partial charge is 0.335 e. The number of carbonyl (C=O) groups is 1. The Morgan fingerprint density at radius 2 is 2.13 bits per heavy atom. The van der Waals surface area contributed by atoms with Crippen molar-refractivity contribution in [3.63, 3.8) is 0 Å². The zero-order valence-corrected chi connectivity index (χ0v) is 14.6. The lowest BCUT2D eigenvalue weighted by atomic mass is 9.56. The van der Waals surface area contributed by atoms with Gasteiger partial charge < -0.3 is 10.0 Å². The lowest BCUT2D eigenvalue weighted by Crippen LogP contribution is -2.55. The van der Waals surface area contributed by atoms with Gasteiger partial charge in [-0.1, -0.05) is 25.8 Å². The maximum atomic E-state index is 11.5. The quantitative estimate of drug-likeness (QED) is 0.913. The molecule has 1 saturated heterocycles. The highest BCUT2D eigenvalue weighted by atomic mass is 16.4. The molecular formula is C20H29NO2. The van der Waals surface area contributed by atoms with E-state index in [2.05, 4.69) is 31.9 Å². The Kier molecular flexibility index (Phi) is 4.50. The van der Waals surface area contributed by atoms with Crippen LogP contribution in [-0.2, 0) is 11.8 Å². The minimum Gasteiger partial charge on any atom is -0.478 e. The van der Waals surface area contributed by atoms with E-state index in [0.717, 1.165) is 19.4 Å². The van der Waals surface area contributed by atoms with Crippen LogP contribution in [0.3, 0.4) is 0 Å². The Morgan fingerprint density at radius 1 is 1.35 bits per heavy atom. The number of benzene rings is 1. The lowest BCUT2D eigenvalue weighted by Gasteiger charge is -2.54. The second kappa shape index (κ2) is 6.27. The maximum Gasteiger partial charge on any atom is 0.335 e. The average molecular weight is 315 g/mol. The number of carboxylic acid groups (broad SMARTS) is 1. The molecule has 0 amide bonds. The van der Waals surface area contributed by atoms with Gasteiger partial charge in [0.1, 0.15) is 0 Å². The Bertz CT molecular complexity index is 597. The molecule has 1 aliphatic heterocycles. The normalized spacial score (nSPS) is 31.6. The average Bonchev–Trinajstić information content (AvgIpc) is 2.57. The standard InChI is InChI=1S/C20H29NO2/c1-4-15-8-9-16(19(22)23)13-18(15)20-10-6-5-7-17(20)14(2)21(3)12-11-20/h8-9,13-14,17H,4-7,10-12H2,1-3H3,(H,22,23)/t14?,17?,20-/m1/s1. The second-order valence-corrected chi connectivity index (χ2v) is 7.51. The fourth-order valence-corrected chi connectivity index (χ4v) is 5.12. The molecular weight excluding hydrogens is 286 g/mol. The summed E-state index contributed by atoms with van der Waals surface area (Å²) >= 11 is 0. The molecule has 1 heterocycles. The van der Waals surface area contributed by atoms with Gasteiger partial charge in [0.15, 0.2) is 0 Å². The van der Waals surface area contributed by atoms with E-state index >= 15 is 0 Å². The van der Waals surface area contributed by atoms with E-state index in [-0.39, 0.29) is 5.41 Å². The Hall–Kier alpha value is -1.35. The highest BCUT2D eigenvalue weighted by molar-refractivity contribution is 5.88. The number of fused-ring (bicyclic) bond motifs is 1. The van der Waals surface area contributed by atoms with Crippen LogP contribution in [0, 0.1) is 5.92 Å². The molecule has 3 atom stereocenters. The molecule has 0 radical (unpaired) electrons. The van der Waals surface area contributed by atoms with Gasteiger partial charge in [0.25, 0.3) is 0 Å². The molecule has 2 aliphatic rings. The molecule has 23 heavy (non-hydrogen) atoms. The molecule has 1 aliphatic carbocycles. The summed E-state index contributed by atoms with van der Waals surface area (Å²) in [6.45, 7) is 5.65. The lowest BCUT2D eigenvalue weighted by molar-refractivity contribution is 0.0224. The first-order valence-electron chi connectivity index (χ1n) is 9.06. The van der Waals surface area contributed by atoms with Crippen molar-refractivity contribution in [3.05, 3.63) is 34.9 Å². The van der Waals surface area contributed by atoms with Crippen LogP contribution in [0.1, 0.15) is 67.4 Å². The third kappa shape index (κ3) is 2.69. The Morgan fingerprint density at radius 3 is 2.83 bits per heavy atom. The molecule has 2 fully saturated rings. The molecule has 0 aromatic heterocycles. The molecule has 1 saturated carbocycles. The van der Waals surface area contributed by atoms with Gasteiger partial charge in [-0.25, -0.2) is 4.79 Å². The summed E-state index contributed by atoms with van der Waals surface area (Å²) in [4.78, 5) is 14.0. The highest BCUT2D eigenvalue weighted by Gasteiger charge is 2.48. The van der Waals surface area contributed by atoms with Crippen LogP contribution in [-0.4, -0.2) is 35.6 Å². The van der Waals surface area contributed by atoms with Gasteiger partial charge in [-0.15, -0.1) is 0 Å². The topological polar surface area (TPSA) is 40.5 Å². The van der Waals surface area contributed by atoms with Crippen LogP contribution >= 0.6 is 0 Å². The van der Waals surface area contributed by atoms with E-state index in [9.17, 15) is 9.90 Å². The highest BCUT2D eigenvalue weighted by Crippen LogP contribution is 2.52. The van der Waals surface area contributed by atoms with E-state index in [4.69, 9.17) is 0 Å². The minimum absolute atomic E-state index is 0.182. The molecule has 1 aromatic rings. The third-order valence-corrected chi connectivity index (χ3v) is 6.56. The number of hydrogen-bond donors (Lipinski definition) is 1. The predicted octanol–water partition coefficient (Wildman–Crippen LogP) is 4.10. The number of likely N-dealkylation sites (tertiary alicyclic amines) is 1. The van der Waals surface area contributed by atoms with Crippen LogP contribution in [0.15, 0.2) is 18.2 Å². The van der Waals surface area contributed by atoms with Crippen LogP contribution in [0.5, 0.6) is 0 Å². The van der Waals surface area contributed by atoms with Crippen LogP contribution in [0.2, 0.25) is 0 Å². The summed E-state index contributed by atoms with van der Waals surface area (Å²) in [6, 6.07) is 6.40. The van der Waals surface area contributed by atoms with Gasteiger partial charge in [-0.3, -0.25) is 0 Å². The van der Waals surface area contributed by atoms with Crippen molar-refractivity contribution >= 4 is 5.97 Å². The number of aromatic carboxylic acids is 1. The molecule has 3 heteroatoms. The summed E-state index contributed by atoms with van der Waals surface area (Å²) in [6.07, 6.45) is 7.21. The number of carboxylic acids is 1. The van der Waals surface area contributed by atoms with Crippen molar-refractivity contribution < 1.29 is 9.90 Å². The minimum atomic E-state index is -0.807. The molecule has 2 unspecified atom stereocenters. The first-order chi connectivity index (χ1) is 11.0. The van der Waals surface area contributed by atoms with Crippen molar-refractivity contribution in [1.82, 2.24) is 4.90 Å². The van der Waals surface area contributed by atoms with E-state index in [0.29, 0.717) is 17.5 Å². The molecule has 126 valence electrons. The number of nitrogens with zero attached hydrogens (tertiary/aromatic N) is 1. The first kappa shape index (κ1) is 16.5. The van der Waals surface area contributed by atoms with Gasteiger partial charge in [-0.05, 0) is 75.4 Å². The van der Waals surface area contributed by atoms with Crippen LogP contribution < -0.4 is 0 Å². The molecule has 3 rings (SSSR count). The van der Waals surface area contributed by atoms with Crippen molar-refractivity contribution in [3.8, 4) is 0 Å². The monoisotopic (exact) mass is 315 g/mol. The summed E-state index contributed by atoms with van der Waals surface area (Å²) in [5, 5.41) is 9.45. The second-order valence-electron chi connectivity index (χ2n) is 7.51. The maximum absolute atomic E-state index is 11.5. The summed E-state index contributed by atoms with van der Waals surface area (Å²) in [5.41, 5.74) is 3.31. The Labute approximate surface area is 139 Å². The number of aryl methyl sites for hydroxylation is 1. The van der Waals surface area contributed by atoms with Crippen molar-refractivity contribution in [2.75, 3.05) is 13.6 Å². The molecule has 1 aromatic carbocycles. The van der Waals surface area contributed by atoms with Crippen molar-refractivity contribution in [1.29, 1.82) is 0 Å². The van der Waals surface area contributed by atoms with E-state index < -0.39 is 5.97 Å². The van der Waals surface area contributed by atoms with Gasteiger partial charge in [0.05, 0.1) is 5.56 Å². The van der Waals surface area contributed by atoms with E-state index in [1.807, 2.05) is 6.07 Å². The van der Waals surface area contributed by atoms with Gasteiger partial charge in [0.2, 0.25) is 0 Å². The zero-order valence-electron chi connectivity index (χ0n) is 14.6. The van der Waals surface area contributed by atoms with Gasteiger partial charge in [0, 0.05) is 11.5 Å². The van der Waals surface area contributed by atoms with Crippen LogP contribution in [0.4, 0.5) is 0 Å². The fourth-order valence-electron chi connectivity index (χ4n) is 5.12. The largest absolute Gasteiger partial charge is 0.478 e. The number of rotatable bonds is 3. The molecule has 0 spiro atoms. The summed E-state index contributed by atoms with van der Waals surface area (Å²) < 4.78 is 0. The van der Waals surface area contributed by atoms with Gasteiger partial charge >= 0.3 is 5.97 Å². The summed E-state index contributed by atoms with van der Waals surface area (Å²) in [7, 11) is 2.23. The fraction of sp³-hybridized carbons (Fsp3) is 0.650. The van der Waals surface area contributed by atoms with Crippen molar-refractivity contribution in [2.24, 2.45) is 5.92 Å². The van der Waals surface area contributed by atoms with E-state index in [1.54, 1.807) is 6.07 Å². The molecule has 0 bridgehead atoms. The molecule has 3 nitrogen and oxygen atoms in total. The summed E-state index contributed by atoms with van der Waals surface area (Å²) in [5.74, 6) is -0.164. The Balaban J connectivity index is 2.13. The molecule has 1 N–H and O–H groups in total. The number of hydrogen-bond acceptors (Lipinski definition) is 2. The third-order valence-electron chi connectivity index (χ3n) is 6.56. The van der Waals surface area contributed by atoms with Crippen molar-refractivity contribution in [2.45, 2.75) is 63.8 Å². The van der Waals surface area contributed by atoms with Gasteiger partial charge in [-0.2, -0.15) is 0 Å². The predicted molar refractivity (Wildman–Crippen MR) is 93.1 cm³/mol. The van der Waals surface area contributed by atoms with Crippen LogP contribution in [0.25, 0.3) is 0 Å². The zero-order chi connectivity index (χ0) is 16.6. The van der Waals surface area contributed by atoms with E-state index in [1.165, 1.54) is 36.8 Å².